The molecule has 8 heteroatoms. The van der Waals surface area contributed by atoms with Crippen molar-refractivity contribution in [3.05, 3.63) is 76.8 Å². The maximum atomic E-state index is 6.20. The quantitative estimate of drug-likeness (QED) is 0.417. The molecule has 3 aromatic rings. The summed E-state index contributed by atoms with van der Waals surface area (Å²) in [4.78, 5) is 2.15. The van der Waals surface area contributed by atoms with Crippen molar-refractivity contribution in [2.24, 2.45) is 0 Å². The molecule has 1 aliphatic rings. The molecule has 1 unspecified atom stereocenters. The molecule has 0 spiro atoms. The van der Waals surface area contributed by atoms with Crippen LogP contribution in [0.4, 0.5) is 5.69 Å². The fourth-order valence-corrected chi connectivity index (χ4v) is 4.49. The molecule has 1 N–H and O–H groups in total. The highest BCUT2D eigenvalue weighted by Gasteiger charge is 2.31. The van der Waals surface area contributed by atoms with Gasteiger partial charge in [-0.25, -0.2) is 0 Å². The van der Waals surface area contributed by atoms with Gasteiger partial charge in [0.1, 0.15) is 18.1 Å². The molecule has 0 fully saturated rings. The molecular formula is C26H27ClN2O4S. The predicted molar refractivity (Wildman–Crippen MR) is 139 cm³/mol. The number of benzene rings is 3. The zero-order valence-corrected chi connectivity index (χ0v) is 20.9. The van der Waals surface area contributed by atoms with Crippen LogP contribution in [0.1, 0.15) is 17.2 Å². The maximum Gasteiger partial charge on any atom is 0.174 e. The standard InChI is InChI=1S/C26H27ClN2O4S/c1-30-20-8-10-21(11-9-20)33-16-23-22-15-25(32-3)24(31-2)14-17(22)12-13-29(23)26(34)28-19-6-4-18(27)5-7-19/h4-11,14-15,23H,12-13,16H2,1-3H3,(H,28,34). The van der Waals surface area contributed by atoms with Crippen LogP contribution in [0.15, 0.2) is 60.7 Å². The fraction of sp³-hybridized carbons (Fsp3) is 0.269. The highest BCUT2D eigenvalue weighted by Crippen LogP contribution is 2.38. The van der Waals surface area contributed by atoms with Crippen LogP contribution in [0.5, 0.6) is 23.0 Å². The number of methoxy groups -OCH3 is 3. The Morgan fingerprint density at radius 2 is 1.59 bits per heavy atom. The van der Waals surface area contributed by atoms with E-state index in [1.807, 2.05) is 60.7 Å². The van der Waals surface area contributed by atoms with E-state index in [-0.39, 0.29) is 6.04 Å². The topological polar surface area (TPSA) is 52.2 Å². The third-order valence-corrected chi connectivity index (χ3v) is 6.41. The number of hydrogen-bond donors (Lipinski definition) is 1. The second kappa shape index (κ2) is 10.8. The maximum absolute atomic E-state index is 6.20. The van der Waals surface area contributed by atoms with Crippen LogP contribution in [0, 0.1) is 0 Å². The average Bonchev–Trinajstić information content (AvgIpc) is 2.87. The second-order valence-electron chi connectivity index (χ2n) is 7.79. The van der Waals surface area contributed by atoms with E-state index in [9.17, 15) is 0 Å². The van der Waals surface area contributed by atoms with Crippen LogP contribution in [0.25, 0.3) is 0 Å². The number of anilines is 1. The molecule has 178 valence electrons. The minimum atomic E-state index is -0.127. The fourth-order valence-electron chi connectivity index (χ4n) is 4.03. The zero-order chi connectivity index (χ0) is 24.1. The molecule has 4 rings (SSSR count). The first kappa shape index (κ1) is 24.0. The third kappa shape index (κ3) is 5.32. The van der Waals surface area contributed by atoms with Crippen molar-refractivity contribution >= 4 is 34.6 Å². The largest absolute Gasteiger partial charge is 0.497 e. The zero-order valence-electron chi connectivity index (χ0n) is 19.3. The SMILES string of the molecule is COc1ccc(OCC2c3cc(OC)c(OC)cc3CCN2C(=S)Nc2ccc(Cl)cc2)cc1. The van der Waals surface area contributed by atoms with E-state index < -0.39 is 0 Å². The number of ether oxygens (including phenoxy) is 4. The number of nitrogens with one attached hydrogen (secondary N) is 1. The lowest BCUT2D eigenvalue weighted by Gasteiger charge is -2.39. The molecule has 1 heterocycles. The molecule has 0 saturated carbocycles. The first-order valence-corrected chi connectivity index (χ1v) is 11.7. The molecule has 1 aliphatic heterocycles. The van der Waals surface area contributed by atoms with Gasteiger partial charge >= 0.3 is 0 Å². The Kier molecular flexibility index (Phi) is 7.65. The van der Waals surface area contributed by atoms with Crippen molar-refractivity contribution in [2.75, 3.05) is 39.8 Å². The van der Waals surface area contributed by atoms with Crippen molar-refractivity contribution in [2.45, 2.75) is 12.5 Å². The highest BCUT2D eigenvalue weighted by molar-refractivity contribution is 7.80. The molecule has 0 radical (unpaired) electrons. The first-order chi connectivity index (χ1) is 16.5. The first-order valence-electron chi connectivity index (χ1n) is 10.9. The van der Waals surface area contributed by atoms with E-state index in [1.165, 1.54) is 5.56 Å². The van der Waals surface area contributed by atoms with Gasteiger partial charge in [-0.3, -0.25) is 0 Å². The average molecular weight is 499 g/mol. The Balaban J connectivity index is 1.62. The smallest absolute Gasteiger partial charge is 0.174 e. The van der Waals surface area contributed by atoms with Gasteiger partial charge in [-0.15, -0.1) is 0 Å². The van der Waals surface area contributed by atoms with Gasteiger partial charge in [0.25, 0.3) is 0 Å². The molecule has 6 nitrogen and oxygen atoms in total. The summed E-state index contributed by atoms with van der Waals surface area (Å²) in [6, 6.07) is 19.0. The number of rotatable bonds is 7. The Morgan fingerprint density at radius 1 is 0.941 bits per heavy atom. The second-order valence-corrected chi connectivity index (χ2v) is 8.61. The van der Waals surface area contributed by atoms with Crippen LogP contribution in [0.3, 0.4) is 0 Å². The van der Waals surface area contributed by atoms with E-state index >= 15 is 0 Å². The van der Waals surface area contributed by atoms with Crippen molar-refractivity contribution in [1.29, 1.82) is 0 Å². The molecule has 3 aromatic carbocycles. The molecule has 0 amide bonds. The number of fused-ring (bicyclic) bond motifs is 1. The monoisotopic (exact) mass is 498 g/mol. The Bertz CT molecular complexity index is 1140. The van der Waals surface area contributed by atoms with Gasteiger partial charge in [-0.05, 0) is 90.4 Å². The Morgan fingerprint density at radius 3 is 2.24 bits per heavy atom. The van der Waals surface area contributed by atoms with Gasteiger partial charge in [0.2, 0.25) is 0 Å². The Hall–Kier alpha value is -3.16. The molecule has 0 aromatic heterocycles. The van der Waals surface area contributed by atoms with Gasteiger partial charge in [0.05, 0.1) is 27.4 Å². The lowest BCUT2D eigenvalue weighted by Crippen LogP contribution is -2.44. The van der Waals surface area contributed by atoms with Crippen molar-refractivity contribution in [1.82, 2.24) is 4.90 Å². The van der Waals surface area contributed by atoms with Gasteiger partial charge in [-0.2, -0.15) is 0 Å². The summed E-state index contributed by atoms with van der Waals surface area (Å²) in [6.45, 7) is 1.13. The number of thiocarbonyl (C=S) groups is 1. The third-order valence-electron chi connectivity index (χ3n) is 5.83. The van der Waals surface area contributed by atoms with E-state index in [1.54, 1.807) is 21.3 Å². The summed E-state index contributed by atoms with van der Waals surface area (Å²) >= 11 is 11.9. The van der Waals surface area contributed by atoms with Crippen LogP contribution in [0.2, 0.25) is 5.02 Å². The predicted octanol–water partition coefficient (Wildman–Crippen LogP) is 5.74. The minimum absolute atomic E-state index is 0.127. The van der Waals surface area contributed by atoms with E-state index in [4.69, 9.17) is 42.8 Å². The highest BCUT2D eigenvalue weighted by atomic mass is 35.5. The van der Waals surface area contributed by atoms with Gasteiger partial charge in [0, 0.05) is 17.3 Å². The molecule has 0 saturated heterocycles. The molecule has 0 bridgehead atoms. The molecular weight excluding hydrogens is 472 g/mol. The van der Waals surface area contributed by atoms with Gasteiger partial charge in [0.15, 0.2) is 16.6 Å². The van der Waals surface area contributed by atoms with Crippen molar-refractivity contribution < 1.29 is 18.9 Å². The minimum Gasteiger partial charge on any atom is -0.497 e. The summed E-state index contributed by atoms with van der Waals surface area (Å²) in [7, 11) is 4.93. The number of halogens is 1. The molecule has 1 atom stereocenters. The summed E-state index contributed by atoms with van der Waals surface area (Å²) in [5, 5.41) is 4.63. The van der Waals surface area contributed by atoms with Crippen molar-refractivity contribution in [3.63, 3.8) is 0 Å². The lowest BCUT2D eigenvalue weighted by molar-refractivity contribution is 0.190. The van der Waals surface area contributed by atoms with E-state index in [0.717, 1.165) is 35.7 Å². The number of nitrogens with zero attached hydrogens (tertiary/aromatic N) is 1. The normalized spacial score (nSPS) is 14.7. The Labute approximate surface area is 210 Å². The number of hydrogen-bond acceptors (Lipinski definition) is 5. The summed E-state index contributed by atoms with van der Waals surface area (Å²) in [5.41, 5.74) is 3.16. The molecule has 34 heavy (non-hydrogen) atoms. The summed E-state index contributed by atoms with van der Waals surface area (Å²) in [6.07, 6.45) is 0.817. The molecule has 0 aliphatic carbocycles. The summed E-state index contributed by atoms with van der Waals surface area (Å²) in [5.74, 6) is 2.92. The van der Waals surface area contributed by atoms with E-state index in [2.05, 4.69) is 10.2 Å². The summed E-state index contributed by atoms with van der Waals surface area (Å²) < 4.78 is 22.6. The van der Waals surface area contributed by atoms with E-state index in [0.29, 0.717) is 28.2 Å². The van der Waals surface area contributed by atoms with Gasteiger partial charge < -0.3 is 29.2 Å². The van der Waals surface area contributed by atoms with Crippen molar-refractivity contribution in [3.8, 4) is 23.0 Å². The van der Waals surface area contributed by atoms with Crippen LogP contribution in [-0.4, -0.2) is 44.5 Å². The van der Waals surface area contributed by atoms with Crippen LogP contribution < -0.4 is 24.3 Å². The van der Waals surface area contributed by atoms with Crippen LogP contribution >= 0.6 is 23.8 Å². The lowest BCUT2D eigenvalue weighted by atomic mass is 9.92. The van der Waals surface area contributed by atoms with Crippen LogP contribution in [-0.2, 0) is 6.42 Å². The van der Waals surface area contributed by atoms with Gasteiger partial charge in [-0.1, -0.05) is 11.6 Å².